The van der Waals surface area contributed by atoms with E-state index in [0.29, 0.717) is 0 Å². The van der Waals surface area contributed by atoms with Gasteiger partial charge in [-0.1, -0.05) is 101 Å². The Labute approximate surface area is 716 Å². The van der Waals surface area contributed by atoms with Crippen molar-refractivity contribution in [3.63, 3.8) is 0 Å². The van der Waals surface area contributed by atoms with Gasteiger partial charge in [0.05, 0.1) is 55.7 Å². The summed E-state index contributed by atoms with van der Waals surface area (Å²) in [4.78, 5) is 0. The molecule has 3 saturated heterocycles. The van der Waals surface area contributed by atoms with Crippen LogP contribution in [0.25, 0.3) is 97.4 Å². The zero-order valence-electron chi connectivity index (χ0n) is 59.1. The van der Waals surface area contributed by atoms with E-state index < -0.39 is 32.3 Å². The average molecular weight is 1950 g/mol. The Hall–Kier alpha value is -1.23. The normalized spacial score (nSPS) is 15.8. The zero-order chi connectivity index (χ0) is 76.2. The average Bonchev–Trinajstić information content (AvgIpc) is 1.61. The molecule has 0 N–H and O–H groups in total. The van der Waals surface area contributed by atoms with E-state index in [-0.39, 0.29) is 22.4 Å². The fourth-order valence-corrected chi connectivity index (χ4v) is 55.3. The third-order valence-corrected chi connectivity index (χ3v) is 59.1. The van der Waals surface area contributed by atoms with E-state index in [1.165, 1.54) is 127 Å². The molecular weight excluding hydrogens is 1880 g/mol. The third kappa shape index (κ3) is 21.1. The highest BCUT2D eigenvalue weighted by Gasteiger charge is 2.64. The summed E-state index contributed by atoms with van der Waals surface area (Å²) in [6.07, 6.45) is 0. The minimum Gasteiger partial charge on any atom is -0.405 e. The summed E-state index contributed by atoms with van der Waals surface area (Å²) in [6, 6.07) is 65.6. The molecule has 0 atom stereocenters. The van der Waals surface area contributed by atoms with Gasteiger partial charge in [0.25, 0.3) is 0 Å². The number of nitrogens with zero attached hydrogens (tertiary/aromatic N) is 2. The van der Waals surface area contributed by atoms with Crippen molar-refractivity contribution in [2.24, 2.45) is 0 Å². The van der Waals surface area contributed by atoms with Gasteiger partial charge in [-0.15, -0.1) is 22.7 Å². The van der Waals surface area contributed by atoms with Crippen molar-refractivity contribution in [2.75, 3.05) is 0 Å². The van der Waals surface area contributed by atoms with Crippen molar-refractivity contribution in [3.05, 3.63) is 197 Å². The molecule has 15 rings (SSSR count). The minimum atomic E-state index is -0.476. The molecule has 0 aliphatic carbocycles. The van der Waals surface area contributed by atoms with Crippen LogP contribution in [-0.2, 0) is 241 Å². The number of para-hydroxylation sites is 4. The van der Waals surface area contributed by atoms with Gasteiger partial charge >= 0.3 is 21.1 Å². The maximum atomic E-state index is 6.54. The van der Waals surface area contributed by atoms with Crippen LogP contribution in [0.3, 0.4) is 0 Å². The van der Waals surface area contributed by atoms with Crippen LogP contribution >= 0.6 is 38.6 Å². The monoisotopic (exact) mass is 1940 g/mol. The standard InChI is InChI=1S/C32H28BNO2S.C26H16BrNS.C12H24B2O4.S12.S11/c1-31(2)32(3,4)36-33(35-31)27-20-30-22(16-17-37-30)19-25(27)21-14-15-29-26(18-21)24-12-8-9-13-28(24)34(29)23-10-6-5-7-11-23;27-23-16-26-18(12-13-29-26)15-21(23)17-10-11-25-22(14-17)20-8-4-5-9-24(20)28(25)19-6-2-1-3-7-19;1-9(2)10(3,4)16-13(15-9)14-17-11(5,6)12(7,8)18-14;1-3-5-7-9-11-12-10-8-6-4-2;1-3-5-7-9-11-10-8-6-4-2/h5-20H,1-4H3;1-16H;1-8H3;;. The first kappa shape index (κ1) is 86.6. The van der Waals surface area contributed by atoms with E-state index in [9.17, 15) is 0 Å². The smallest absolute Gasteiger partial charge is 0.405 e. The lowest BCUT2D eigenvalue weighted by Gasteiger charge is -2.32. The van der Waals surface area contributed by atoms with Gasteiger partial charge in [0.15, 0.2) is 0 Å². The Bertz CT molecular complexity index is 6120. The van der Waals surface area contributed by atoms with Crippen LogP contribution in [0.15, 0.2) is 197 Å². The first-order valence-electron chi connectivity index (χ1n) is 32.4. The number of thiophene rings is 2. The SMILES string of the molecule is Brc1cc2sccc2cc1-c1ccc2c(c1)c1ccccc1n2-c1ccccc1.CC1(C)OB(B2OC(C)(C)C(C)(C)O2)OC1(C)C.CC1(C)OB(c2cc3sccc3cc2-c2ccc3c(c2)c2ccccc2n3-c2ccccc2)OC1(C)C.S=S=S=S=S=S=S=S=S=S=S.S=S=S=S=S=S=S=S=S=S=S=S. The third-order valence-electron chi connectivity index (χ3n) is 18.9. The van der Waals surface area contributed by atoms with E-state index in [4.69, 9.17) is 27.9 Å². The molecule has 0 bridgehead atoms. The number of halogens is 1. The molecule has 3 fully saturated rings. The van der Waals surface area contributed by atoms with Crippen LogP contribution in [0.4, 0.5) is 0 Å². The molecule has 12 aromatic rings. The molecule has 0 spiro atoms. The number of aromatic nitrogens is 2. The van der Waals surface area contributed by atoms with Crippen molar-refractivity contribution in [1.29, 1.82) is 0 Å². The second-order valence-corrected chi connectivity index (χ2v) is 63.0. The van der Waals surface area contributed by atoms with Crippen molar-refractivity contribution in [1.82, 2.24) is 9.13 Å². The summed E-state index contributed by atoms with van der Waals surface area (Å²) in [5.41, 5.74) is 10.9. The fraction of sp³-hybridized carbons (Fsp3) is 0.257. The van der Waals surface area contributed by atoms with E-state index >= 15 is 0 Å². The minimum absolute atomic E-state index is 0.360. The second-order valence-electron chi connectivity index (χ2n) is 26.7. The predicted molar refractivity (Wildman–Crippen MR) is 528 cm³/mol. The van der Waals surface area contributed by atoms with E-state index in [1.54, 1.807) is 156 Å². The Morgan fingerprint density at radius 2 is 0.645 bits per heavy atom. The highest BCUT2D eigenvalue weighted by atomic mass is 79.9. The maximum Gasteiger partial charge on any atom is 0.495 e. The van der Waals surface area contributed by atoms with Crippen LogP contribution < -0.4 is 5.46 Å². The second kappa shape index (κ2) is 39.6. The lowest BCUT2D eigenvalue weighted by Crippen LogP contribution is -2.41. The summed E-state index contributed by atoms with van der Waals surface area (Å²) >= 11 is 26.1. The molecule has 0 unspecified atom stereocenters. The molecule has 8 nitrogen and oxygen atoms in total. The van der Waals surface area contributed by atoms with E-state index in [1.807, 2.05) is 55.4 Å². The molecule has 3 aliphatic heterocycles. The zero-order valence-corrected chi connectivity index (χ0v) is 81.1. The van der Waals surface area contributed by atoms with E-state index in [2.05, 4.69) is 290 Å². The Morgan fingerprint density at radius 3 is 1.03 bits per heavy atom. The Balaban J connectivity index is 0.000000145. The van der Waals surface area contributed by atoms with Gasteiger partial charge in [0.1, 0.15) is 0 Å². The topological polar surface area (TPSA) is 65.2 Å². The molecule has 37 heteroatoms. The summed E-state index contributed by atoms with van der Waals surface area (Å²) in [5.74, 6) is 0. The van der Waals surface area contributed by atoms with Gasteiger partial charge in [0.2, 0.25) is 0 Å². The summed E-state index contributed by atoms with van der Waals surface area (Å²) in [7, 11) is 29.4. The van der Waals surface area contributed by atoms with Crippen LogP contribution in [0, 0.1) is 0 Å². The van der Waals surface area contributed by atoms with Crippen molar-refractivity contribution < 1.29 is 27.9 Å². The quantitative estimate of drug-likeness (QED) is 0.150. The summed E-state index contributed by atoms with van der Waals surface area (Å²) in [5, 5.41) is 11.9. The molecule has 4 aromatic heterocycles. The molecule has 107 heavy (non-hydrogen) atoms. The Morgan fingerprint density at radius 1 is 0.327 bits per heavy atom. The number of rotatable bonds is 6. The highest BCUT2D eigenvalue weighted by molar-refractivity contribution is 9.10. The first-order chi connectivity index (χ1) is 51.3. The van der Waals surface area contributed by atoms with Crippen LogP contribution in [0.2, 0.25) is 0 Å². The number of fused-ring (bicyclic) bond motifs is 8. The van der Waals surface area contributed by atoms with Crippen molar-refractivity contribution >= 4 is 342 Å². The van der Waals surface area contributed by atoms with Gasteiger partial charge < -0.3 is 37.1 Å². The van der Waals surface area contributed by atoms with Crippen LogP contribution in [0.1, 0.15) is 83.1 Å². The highest BCUT2D eigenvalue weighted by Crippen LogP contribution is 2.45. The van der Waals surface area contributed by atoms with E-state index in [0.717, 1.165) is 15.5 Å². The molecule has 0 radical (unpaired) electrons. The van der Waals surface area contributed by atoms with Crippen LogP contribution in [0.5, 0.6) is 0 Å². The van der Waals surface area contributed by atoms with Gasteiger partial charge in [-0.05, 0) is 229 Å². The summed E-state index contributed by atoms with van der Waals surface area (Å²) in [6.45, 7) is 24.7. The number of hydrogen-bond donors (Lipinski definition) is 0. The van der Waals surface area contributed by atoms with Crippen LogP contribution in [-0.4, -0.2) is 63.9 Å². The Kier molecular flexibility index (Phi) is 32.1. The number of benzene rings is 8. The van der Waals surface area contributed by atoms with Gasteiger partial charge in [-0.2, -0.15) is 0 Å². The molecule has 7 heterocycles. The molecule has 0 saturated carbocycles. The first-order valence-corrected chi connectivity index (χ1v) is 63.0. The lowest BCUT2D eigenvalue weighted by atomic mass is 9.49. The van der Waals surface area contributed by atoms with Gasteiger partial charge in [-0.25, -0.2) is 0 Å². The van der Waals surface area contributed by atoms with Gasteiger partial charge in [-0.3, -0.25) is 0 Å². The van der Waals surface area contributed by atoms with Gasteiger partial charge in [0, 0.05) is 260 Å². The molecule has 8 aromatic carbocycles. The molecule has 560 valence electrons. The van der Waals surface area contributed by atoms with Crippen molar-refractivity contribution in [2.45, 2.75) is 117 Å². The molecular formula is C70H68B3BrN2O6S25. The molecule has 3 aliphatic rings. The number of hydrogen-bond acceptors (Lipinski definition) is 12. The van der Waals surface area contributed by atoms with Crippen molar-refractivity contribution in [3.8, 4) is 33.6 Å². The summed E-state index contributed by atoms with van der Waals surface area (Å²) < 4.78 is 45.3. The fourth-order valence-electron chi connectivity index (χ4n) is 11.8. The molecule has 0 amide bonds. The largest absolute Gasteiger partial charge is 0.495 e. The predicted octanol–water partition coefficient (Wildman–Crippen LogP) is 18.6. The maximum absolute atomic E-state index is 6.54. The lowest BCUT2D eigenvalue weighted by molar-refractivity contribution is 0.00578.